The number of rotatable bonds is 4. The van der Waals surface area contributed by atoms with Gasteiger partial charge in [0.15, 0.2) is 6.10 Å². The number of amides is 1. The molecular weight excluding hydrogens is 246 g/mol. The summed E-state index contributed by atoms with van der Waals surface area (Å²) in [7, 11) is 0. The lowest BCUT2D eigenvalue weighted by Gasteiger charge is -2.45. The summed E-state index contributed by atoms with van der Waals surface area (Å²) in [6.45, 7) is 6.15. The highest BCUT2D eigenvalue weighted by molar-refractivity contribution is 5.85. The molecule has 0 aromatic heterocycles. The van der Waals surface area contributed by atoms with Gasteiger partial charge in [-0.1, -0.05) is 12.5 Å². The van der Waals surface area contributed by atoms with Crippen LogP contribution in [0.5, 0.6) is 0 Å². The van der Waals surface area contributed by atoms with E-state index in [0.717, 1.165) is 19.3 Å². The van der Waals surface area contributed by atoms with Crippen molar-refractivity contribution in [2.24, 2.45) is 5.41 Å². The fourth-order valence-electron chi connectivity index (χ4n) is 2.97. The summed E-state index contributed by atoms with van der Waals surface area (Å²) >= 11 is 0. The number of carbonyl (C=O) groups excluding carboxylic acids is 1. The lowest BCUT2D eigenvalue weighted by molar-refractivity contribution is -0.172. The van der Waals surface area contributed by atoms with E-state index in [9.17, 15) is 9.59 Å². The molecule has 106 valence electrons. The van der Waals surface area contributed by atoms with Crippen LogP contribution in [-0.4, -0.2) is 47.2 Å². The van der Waals surface area contributed by atoms with Crippen LogP contribution in [-0.2, 0) is 14.3 Å². The number of carboxylic acids is 1. The first-order valence-corrected chi connectivity index (χ1v) is 6.77. The number of ether oxygens (including phenoxy) is 1. The van der Waals surface area contributed by atoms with Gasteiger partial charge in [-0.05, 0) is 26.2 Å². The molecule has 1 aliphatic carbocycles. The van der Waals surface area contributed by atoms with E-state index in [1.54, 1.807) is 17.9 Å². The van der Waals surface area contributed by atoms with Gasteiger partial charge >= 0.3 is 5.97 Å². The number of hydrogen-bond donors (Lipinski definition) is 1. The molecule has 2 fully saturated rings. The second-order valence-electron chi connectivity index (χ2n) is 5.61. The van der Waals surface area contributed by atoms with Gasteiger partial charge in [0.25, 0.3) is 0 Å². The Balaban J connectivity index is 2.09. The van der Waals surface area contributed by atoms with Crippen molar-refractivity contribution in [1.29, 1.82) is 0 Å². The van der Waals surface area contributed by atoms with Crippen molar-refractivity contribution in [2.45, 2.75) is 44.8 Å². The Hall–Kier alpha value is -1.36. The molecule has 1 aliphatic heterocycles. The third kappa shape index (κ3) is 2.66. The summed E-state index contributed by atoms with van der Waals surface area (Å²) in [5, 5.41) is 9.05. The highest BCUT2D eigenvalue weighted by Crippen LogP contribution is 2.46. The van der Waals surface area contributed by atoms with Crippen molar-refractivity contribution in [1.82, 2.24) is 4.90 Å². The fourth-order valence-corrected chi connectivity index (χ4v) is 2.97. The molecule has 1 saturated carbocycles. The highest BCUT2D eigenvalue weighted by atomic mass is 16.5. The number of hydrogen-bond acceptors (Lipinski definition) is 3. The van der Waals surface area contributed by atoms with Gasteiger partial charge in [-0.2, -0.15) is 0 Å². The minimum absolute atomic E-state index is 0.0695. The summed E-state index contributed by atoms with van der Waals surface area (Å²) in [5.74, 6) is -0.934. The molecular formula is C14H21NO4. The van der Waals surface area contributed by atoms with Crippen molar-refractivity contribution in [3.63, 3.8) is 0 Å². The molecule has 0 aromatic rings. The van der Waals surface area contributed by atoms with E-state index in [2.05, 4.69) is 6.58 Å². The van der Waals surface area contributed by atoms with Crippen LogP contribution >= 0.6 is 0 Å². The summed E-state index contributed by atoms with van der Waals surface area (Å²) < 4.78 is 5.34. The molecule has 0 aromatic carbocycles. The van der Waals surface area contributed by atoms with Crippen LogP contribution in [0.4, 0.5) is 0 Å². The van der Waals surface area contributed by atoms with Gasteiger partial charge in [0.2, 0.25) is 5.91 Å². The van der Waals surface area contributed by atoms with Crippen molar-refractivity contribution in [3.8, 4) is 0 Å². The Bertz CT molecular complexity index is 389. The predicted molar refractivity (Wildman–Crippen MR) is 69.6 cm³/mol. The largest absolute Gasteiger partial charge is 0.479 e. The van der Waals surface area contributed by atoms with Gasteiger partial charge in [-0.15, -0.1) is 6.58 Å². The predicted octanol–water partition coefficient (Wildman–Crippen LogP) is 1.43. The summed E-state index contributed by atoms with van der Waals surface area (Å²) in [4.78, 5) is 25.3. The molecule has 0 radical (unpaired) electrons. The molecule has 5 nitrogen and oxygen atoms in total. The van der Waals surface area contributed by atoms with Gasteiger partial charge in [-0.25, -0.2) is 4.79 Å². The molecule has 2 aliphatic rings. The normalized spacial score (nSPS) is 29.4. The van der Waals surface area contributed by atoms with E-state index in [4.69, 9.17) is 9.84 Å². The third-order valence-corrected chi connectivity index (χ3v) is 4.12. The highest BCUT2D eigenvalue weighted by Gasteiger charge is 2.47. The van der Waals surface area contributed by atoms with Crippen LogP contribution in [0.2, 0.25) is 0 Å². The van der Waals surface area contributed by atoms with Crippen molar-refractivity contribution < 1.29 is 19.4 Å². The number of carboxylic acid groups (broad SMARTS) is 1. The zero-order valence-corrected chi connectivity index (χ0v) is 11.3. The maximum atomic E-state index is 12.6. The van der Waals surface area contributed by atoms with E-state index in [1.807, 2.05) is 0 Å². The van der Waals surface area contributed by atoms with Gasteiger partial charge in [0, 0.05) is 6.54 Å². The van der Waals surface area contributed by atoms with Gasteiger partial charge in [0.1, 0.15) is 0 Å². The molecule has 0 spiro atoms. The molecule has 5 heteroatoms. The minimum Gasteiger partial charge on any atom is -0.479 e. The Kier molecular flexibility index (Phi) is 3.94. The zero-order chi connectivity index (χ0) is 14.0. The molecule has 1 N–H and O–H groups in total. The zero-order valence-electron chi connectivity index (χ0n) is 11.3. The summed E-state index contributed by atoms with van der Waals surface area (Å²) in [6.07, 6.45) is 4.13. The molecule has 1 amide bonds. The number of carbonyl (C=O) groups is 2. The Morgan fingerprint density at radius 2 is 2.16 bits per heavy atom. The average molecular weight is 267 g/mol. The smallest absolute Gasteiger partial charge is 0.334 e. The van der Waals surface area contributed by atoms with Crippen molar-refractivity contribution in [2.75, 3.05) is 13.1 Å². The second kappa shape index (κ2) is 5.33. The van der Waals surface area contributed by atoms with Gasteiger partial charge in [-0.3, -0.25) is 4.79 Å². The molecule has 1 saturated heterocycles. The third-order valence-electron chi connectivity index (χ3n) is 4.12. The maximum Gasteiger partial charge on any atom is 0.334 e. The topological polar surface area (TPSA) is 66.8 Å². The van der Waals surface area contributed by atoms with Crippen LogP contribution < -0.4 is 0 Å². The van der Waals surface area contributed by atoms with Crippen LogP contribution in [0.15, 0.2) is 12.7 Å². The number of allylic oxidation sites excluding steroid dienone is 1. The Morgan fingerprint density at radius 1 is 1.47 bits per heavy atom. The molecule has 2 atom stereocenters. The molecule has 2 rings (SSSR count). The monoisotopic (exact) mass is 267 g/mol. The lowest BCUT2D eigenvalue weighted by Crippen LogP contribution is -2.57. The molecule has 19 heavy (non-hydrogen) atoms. The van der Waals surface area contributed by atoms with Crippen LogP contribution in [0.1, 0.15) is 32.6 Å². The van der Waals surface area contributed by atoms with Gasteiger partial charge < -0.3 is 14.7 Å². The summed E-state index contributed by atoms with van der Waals surface area (Å²) in [6, 6.07) is 0. The molecule has 1 heterocycles. The van der Waals surface area contributed by atoms with Gasteiger partial charge in [0.05, 0.1) is 18.1 Å². The quantitative estimate of drug-likeness (QED) is 0.783. The van der Waals surface area contributed by atoms with E-state index in [0.29, 0.717) is 13.0 Å². The van der Waals surface area contributed by atoms with Crippen molar-refractivity contribution >= 4 is 11.9 Å². The molecule has 0 bridgehead atoms. The lowest BCUT2D eigenvalue weighted by atomic mass is 9.65. The Labute approximate surface area is 113 Å². The molecule has 1 unspecified atom stereocenters. The van der Waals surface area contributed by atoms with E-state index in [-0.39, 0.29) is 24.0 Å². The number of morpholine rings is 1. The second-order valence-corrected chi connectivity index (χ2v) is 5.61. The first-order valence-electron chi connectivity index (χ1n) is 6.77. The average Bonchev–Trinajstić information content (AvgIpc) is 2.32. The summed E-state index contributed by atoms with van der Waals surface area (Å²) in [5.41, 5.74) is -0.331. The first kappa shape index (κ1) is 14.1. The van der Waals surface area contributed by atoms with E-state index >= 15 is 0 Å². The first-order chi connectivity index (χ1) is 8.98. The number of nitrogens with zero attached hydrogens (tertiary/aromatic N) is 1. The minimum atomic E-state index is -1.00. The van der Waals surface area contributed by atoms with E-state index in [1.165, 1.54) is 0 Å². The van der Waals surface area contributed by atoms with Crippen LogP contribution in [0.25, 0.3) is 0 Å². The SMILES string of the molecule is C=CCC1(C(=O)N2CC(C(=O)O)O[C@H](C)C2)CCC1. The van der Waals surface area contributed by atoms with Crippen LogP contribution in [0.3, 0.4) is 0 Å². The van der Waals surface area contributed by atoms with Crippen molar-refractivity contribution in [3.05, 3.63) is 12.7 Å². The standard InChI is InChI=1S/C14H21NO4/c1-3-5-14(6-4-7-14)13(18)15-8-10(2)19-11(9-15)12(16)17/h3,10-11H,1,4-9H2,2H3,(H,16,17)/t10-,11?/m1/s1. The van der Waals surface area contributed by atoms with Crippen LogP contribution in [0, 0.1) is 5.41 Å². The fraction of sp³-hybridized carbons (Fsp3) is 0.714. The maximum absolute atomic E-state index is 12.6. The number of aliphatic carboxylic acids is 1. The Morgan fingerprint density at radius 3 is 2.63 bits per heavy atom. The van der Waals surface area contributed by atoms with E-state index < -0.39 is 12.1 Å².